The number of carbonyl (C=O) groups excluding carboxylic acids is 2. The van der Waals surface area contributed by atoms with Crippen molar-refractivity contribution in [2.75, 3.05) is 42.8 Å². The second-order valence-electron chi connectivity index (χ2n) is 12.0. The van der Waals surface area contributed by atoms with Crippen LogP contribution in [0.4, 0.5) is 20.6 Å². The Morgan fingerprint density at radius 2 is 1.92 bits per heavy atom. The lowest BCUT2D eigenvalue weighted by Gasteiger charge is -2.29. The van der Waals surface area contributed by atoms with Crippen molar-refractivity contribution in [2.45, 2.75) is 32.4 Å². The van der Waals surface area contributed by atoms with Gasteiger partial charge in [0.2, 0.25) is 5.95 Å². The molecule has 0 spiro atoms. The number of ether oxygens (including phenoxy) is 1. The predicted molar refractivity (Wildman–Crippen MR) is 191 cm³/mol. The van der Waals surface area contributed by atoms with Gasteiger partial charge in [0.1, 0.15) is 5.69 Å². The molecular weight excluding hydrogens is 680 g/mol. The summed E-state index contributed by atoms with van der Waals surface area (Å²) in [6, 6.07) is 18.5. The van der Waals surface area contributed by atoms with Crippen LogP contribution in [0.15, 0.2) is 60.7 Å². The van der Waals surface area contributed by atoms with Crippen LogP contribution in [0.25, 0.3) is 10.2 Å². The van der Waals surface area contributed by atoms with E-state index in [-0.39, 0.29) is 29.9 Å². The number of nitrogens with zero attached hydrogens (tertiary/aromatic N) is 7. The first-order chi connectivity index (χ1) is 24.3. The van der Waals surface area contributed by atoms with Gasteiger partial charge in [0.25, 0.3) is 11.8 Å². The smallest absolute Gasteiger partial charge is 0.277 e. The number of amides is 2. The fraction of sp³-hybridized carbons (Fsp3) is 0.265. The quantitative estimate of drug-likeness (QED) is 0.138. The lowest BCUT2D eigenvalue weighted by atomic mass is 9.94. The van der Waals surface area contributed by atoms with E-state index in [1.807, 2.05) is 67.5 Å². The summed E-state index contributed by atoms with van der Waals surface area (Å²) in [7, 11) is 3.85. The van der Waals surface area contributed by atoms with E-state index in [0.717, 1.165) is 31.8 Å². The molecule has 3 aromatic heterocycles. The average molecular weight is 713 g/mol. The molecule has 0 radical (unpaired) electrons. The molecule has 13 nitrogen and oxygen atoms in total. The highest BCUT2D eigenvalue weighted by Gasteiger charge is 2.27. The van der Waals surface area contributed by atoms with Crippen molar-refractivity contribution in [3.05, 3.63) is 99.3 Å². The summed E-state index contributed by atoms with van der Waals surface area (Å²) >= 11 is 2.84. The molecule has 7 rings (SSSR count). The number of para-hydroxylation sites is 1. The van der Waals surface area contributed by atoms with Crippen molar-refractivity contribution in [1.82, 2.24) is 35.5 Å². The van der Waals surface area contributed by atoms with E-state index < -0.39 is 11.7 Å². The molecule has 6 aromatic rings. The molecular formula is C34H33FN10O3S2. The minimum Gasteiger partial charge on any atom is -0.491 e. The summed E-state index contributed by atoms with van der Waals surface area (Å²) in [5, 5.41) is 20.2. The molecule has 16 heteroatoms. The number of carbonyl (C=O) groups is 2. The molecule has 0 aliphatic carbocycles. The number of hydrogen-bond donors (Lipinski definition) is 3. The zero-order valence-electron chi connectivity index (χ0n) is 27.3. The van der Waals surface area contributed by atoms with E-state index in [1.54, 1.807) is 6.07 Å². The highest BCUT2D eigenvalue weighted by atomic mass is 32.1. The van der Waals surface area contributed by atoms with Gasteiger partial charge in [0, 0.05) is 30.1 Å². The molecule has 1 aliphatic rings. The SMILES string of the molecule is CN(C)Cc1ccc(OCCCc2sc(N3CCc4cccc(C(=O)Nc5nc6ccccc6s5)c4C3)nc2C(=O)Nc2nnn[nH]2)c(F)c1. The van der Waals surface area contributed by atoms with Crippen LogP contribution in [-0.2, 0) is 25.9 Å². The summed E-state index contributed by atoms with van der Waals surface area (Å²) < 4.78 is 21.5. The molecule has 256 valence electrons. The number of H-pyrrole nitrogens is 1. The molecule has 2 amide bonds. The molecule has 3 N–H and O–H groups in total. The van der Waals surface area contributed by atoms with E-state index >= 15 is 0 Å². The van der Waals surface area contributed by atoms with Gasteiger partial charge in [-0.15, -0.1) is 11.3 Å². The molecule has 0 bridgehead atoms. The van der Waals surface area contributed by atoms with E-state index in [1.165, 1.54) is 28.7 Å². The Kier molecular flexibility index (Phi) is 9.73. The molecule has 0 atom stereocenters. The number of halogens is 1. The molecule has 0 saturated carbocycles. The van der Waals surface area contributed by atoms with Gasteiger partial charge in [0.15, 0.2) is 21.8 Å². The molecule has 3 aromatic carbocycles. The number of thiazole rings is 2. The fourth-order valence-electron chi connectivity index (χ4n) is 5.79. The van der Waals surface area contributed by atoms with Gasteiger partial charge < -0.3 is 14.5 Å². The fourth-order valence-corrected chi connectivity index (χ4v) is 7.77. The average Bonchev–Trinajstić information content (AvgIpc) is 3.87. The first-order valence-corrected chi connectivity index (χ1v) is 17.6. The van der Waals surface area contributed by atoms with Crippen LogP contribution in [0.3, 0.4) is 0 Å². The number of fused-ring (bicyclic) bond motifs is 2. The normalized spacial score (nSPS) is 12.7. The van der Waals surface area contributed by atoms with Crippen molar-refractivity contribution in [1.29, 1.82) is 0 Å². The molecule has 4 heterocycles. The number of aromatic nitrogens is 6. The van der Waals surface area contributed by atoms with Gasteiger partial charge in [-0.05, 0) is 90.8 Å². The first kappa shape index (κ1) is 33.2. The van der Waals surface area contributed by atoms with Crippen LogP contribution in [-0.4, -0.2) is 74.6 Å². The van der Waals surface area contributed by atoms with Crippen LogP contribution in [0.5, 0.6) is 5.75 Å². The first-order valence-electron chi connectivity index (χ1n) is 15.9. The van der Waals surface area contributed by atoms with Gasteiger partial charge in [-0.25, -0.2) is 19.5 Å². The third-order valence-corrected chi connectivity index (χ3v) is 10.2. The predicted octanol–water partition coefficient (Wildman–Crippen LogP) is 5.55. The zero-order valence-corrected chi connectivity index (χ0v) is 28.9. The maximum Gasteiger partial charge on any atom is 0.277 e. The van der Waals surface area contributed by atoms with Crippen LogP contribution in [0, 0.1) is 5.82 Å². The van der Waals surface area contributed by atoms with Crippen LogP contribution in [0.1, 0.15) is 48.8 Å². The monoisotopic (exact) mass is 712 g/mol. The largest absolute Gasteiger partial charge is 0.491 e. The van der Waals surface area contributed by atoms with Crippen LogP contribution >= 0.6 is 22.7 Å². The number of anilines is 3. The molecule has 0 unspecified atom stereocenters. The van der Waals surface area contributed by atoms with E-state index in [9.17, 15) is 14.0 Å². The lowest BCUT2D eigenvalue weighted by molar-refractivity contribution is 0.101. The minimum absolute atomic E-state index is 0.0997. The Morgan fingerprint density at radius 3 is 2.72 bits per heavy atom. The van der Waals surface area contributed by atoms with Gasteiger partial charge in [-0.1, -0.05) is 46.8 Å². The van der Waals surface area contributed by atoms with E-state index in [2.05, 4.69) is 41.1 Å². The minimum atomic E-state index is -0.460. The number of nitrogens with one attached hydrogen (secondary N) is 3. The number of hydrogen-bond acceptors (Lipinski definition) is 12. The number of aromatic amines is 1. The maximum atomic E-state index is 14.7. The molecule has 50 heavy (non-hydrogen) atoms. The van der Waals surface area contributed by atoms with Crippen molar-refractivity contribution in [3.8, 4) is 5.75 Å². The highest BCUT2D eigenvalue weighted by molar-refractivity contribution is 7.22. The van der Waals surface area contributed by atoms with Crippen molar-refractivity contribution >= 4 is 60.9 Å². The Labute approximate surface area is 294 Å². The van der Waals surface area contributed by atoms with Crippen molar-refractivity contribution in [2.24, 2.45) is 0 Å². The zero-order chi connectivity index (χ0) is 34.6. The van der Waals surface area contributed by atoms with Gasteiger partial charge in [0.05, 0.1) is 16.8 Å². The summed E-state index contributed by atoms with van der Waals surface area (Å²) in [5.74, 6) is -0.820. The molecule has 1 aliphatic heterocycles. The summed E-state index contributed by atoms with van der Waals surface area (Å²) in [6.45, 7) is 1.96. The number of aryl methyl sites for hydroxylation is 1. The third kappa shape index (κ3) is 7.46. The Morgan fingerprint density at radius 1 is 1.04 bits per heavy atom. The van der Waals surface area contributed by atoms with Gasteiger partial charge in [-0.3, -0.25) is 20.2 Å². The standard InChI is InChI=1S/C34H33FN10O3S2/c1-44(2)18-20-12-13-26(24(35)17-20)48-16-6-11-28-29(31(47)38-32-40-42-43-41-32)37-34(50-28)45-15-14-21-7-5-8-22(23(21)19-45)30(46)39-33-36-25-9-3-4-10-27(25)49-33/h3-5,7-10,12-13,17H,6,11,14-16,18-19H2,1-2H3,(H,36,39,46)(H2,38,40,41,42,43,47). The van der Waals surface area contributed by atoms with Gasteiger partial charge >= 0.3 is 0 Å². The number of rotatable bonds is 12. The van der Waals surface area contributed by atoms with E-state index in [0.29, 0.717) is 54.7 Å². The Bertz CT molecular complexity index is 2120. The summed E-state index contributed by atoms with van der Waals surface area (Å²) in [5.41, 5.74) is 4.49. The van der Waals surface area contributed by atoms with E-state index in [4.69, 9.17) is 9.72 Å². The number of benzene rings is 3. The molecule has 0 fully saturated rings. The summed E-state index contributed by atoms with van der Waals surface area (Å²) in [6.07, 6.45) is 1.68. The highest BCUT2D eigenvalue weighted by Crippen LogP contribution is 2.34. The van der Waals surface area contributed by atoms with Crippen LogP contribution in [0.2, 0.25) is 0 Å². The topological polar surface area (TPSA) is 154 Å². The second kappa shape index (κ2) is 14.7. The second-order valence-corrected chi connectivity index (χ2v) is 14.1. The molecule has 0 saturated heterocycles. The maximum absolute atomic E-state index is 14.7. The van der Waals surface area contributed by atoms with Gasteiger partial charge in [-0.2, -0.15) is 0 Å². The lowest BCUT2D eigenvalue weighted by Crippen LogP contribution is -2.32. The number of tetrazole rings is 1. The van der Waals surface area contributed by atoms with Crippen LogP contribution < -0.4 is 20.3 Å². The summed E-state index contributed by atoms with van der Waals surface area (Å²) in [4.78, 5) is 41.0. The Balaban J connectivity index is 1.07. The van der Waals surface area contributed by atoms with Crippen molar-refractivity contribution in [3.63, 3.8) is 0 Å². The third-order valence-electron chi connectivity index (χ3n) is 8.08. The van der Waals surface area contributed by atoms with Crippen molar-refractivity contribution < 1.29 is 18.7 Å². The Hall–Kier alpha value is -5.32.